The van der Waals surface area contributed by atoms with Gasteiger partial charge in [-0.1, -0.05) is 18.6 Å². The van der Waals surface area contributed by atoms with Gasteiger partial charge in [-0.15, -0.1) is 0 Å². The minimum Gasteiger partial charge on any atom is -0.387 e. The quantitative estimate of drug-likeness (QED) is 0.869. The highest BCUT2D eigenvalue weighted by Crippen LogP contribution is 2.31. The van der Waals surface area contributed by atoms with Crippen LogP contribution in [-0.2, 0) is 6.18 Å². The van der Waals surface area contributed by atoms with Gasteiger partial charge < -0.3 is 10.4 Å². The predicted molar refractivity (Wildman–Crippen MR) is 79.3 cm³/mol. The van der Waals surface area contributed by atoms with Crippen LogP contribution in [0.5, 0.6) is 0 Å². The summed E-state index contributed by atoms with van der Waals surface area (Å²) in [6.07, 6.45) is 0.129. The van der Waals surface area contributed by atoms with Crippen LogP contribution in [0.25, 0.3) is 0 Å². The highest BCUT2D eigenvalue weighted by Gasteiger charge is 2.31. The molecule has 1 aromatic carbocycles. The molecule has 2 N–H and O–H groups in total. The first-order valence-corrected chi connectivity index (χ1v) is 8.32. The van der Waals surface area contributed by atoms with E-state index in [1.165, 1.54) is 12.1 Å². The Morgan fingerprint density at radius 2 is 2.14 bits per heavy atom. The molecule has 0 aliphatic heterocycles. The fourth-order valence-corrected chi connectivity index (χ4v) is 3.71. The van der Waals surface area contributed by atoms with Crippen molar-refractivity contribution in [3.05, 3.63) is 35.4 Å². The van der Waals surface area contributed by atoms with Gasteiger partial charge in [0.1, 0.15) is 0 Å². The average molecular weight is 319 g/mol. The van der Waals surface area contributed by atoms with Gasteiger partial charge in [0.15, 0.2) is 0 Å². The number of aliphatic hydroxyl groups is 1. The zero-order valence-corrected chi connectivity index (χ0v) is 12.7. The van der Waals surface area contributed by atoms with Crippen LogP contribution in [0.15, 0.2) is 24.3 Å². The maximum Gasteiger partial charge on any atom is 0.416 e. The van der Waals surface area contributed by atoms with Crippen LogP contribution >= 0.6 is 11.8 Å². The number of rotatable bonds is 5. The Morgan fingerprint density at radius 3 is 2.81 bits per heavy atom. The van der Waals surface area contributed by atoms with E-state index in [0.717, 1.165) is 31.4 Å². The Balaban J connectivity index is 1.96. The predicted octanol–water partition coefficient (Wildman–Crippen LogP) is 3.61. The van der Waals surface area contributed by atoms with Gasteiger partial charge >= 0.3 is 6.18 Å². The van der Waals surface area contributed by atoms with Gasteiger partial charge in [0.25, 0.3) is 0 Å². The second-order valence-corrected chi connectivity index (χ2v) is 6.44. The van der Waals surface area contributed by atoms with Crippen LogP contribution in [0, 0.1) is 0 Å². The number of thioether (sulfide) groups is 1. The molecule has 1 fully saturated rings. The summed E-state index contributed by atoms with van der Waals surface area (Å²) in [6.45, 7) is 0.281. The lowest BCUT2D eigenvalue weighted by atomic mass is 10.1. The van der Waals surface area contributed by atoms with Crippen molar-refractivity contribution in [2.45, 2.75) is 42.8 Å². The molecule has 0 spiro atoms. The summed E-state index contributed by atoms with van der Waals surface area (Å²) in [5.41, 5.74) is -0.419. The second-order valence-electron chi connectivity index (χ2n) is 5.36. The van der Waals surface area contributed by atoms with Gasteiger partial charge in [-0.05, 0) is 36.8 Å². The van der Waals surface area contributed by atoms with E-state index in [2.05, 4.69) is 11.6 Å². The lowest BCUT2D eigenvalue weighted by Gasteiger charge is -2.21. The number of hydrogen-bond donors (Lipinski definition) is 2. The first-order valence-electron chi connectivity index (χ1n) is 7.03. The molecule has 2 rings (SSSR count). The van der Waals surface area contributed by atoms with E-state index in [1.807, 2.05) is 0 Å². The van der Waals surface area contributed by atoms with E-state index in [9.17, 15) is 18.3 Å². The maximum atomic E-state index is 12.7. The molecule has 2 nitrogen and oxygen atoms in total. The smallest absolute Gasteiger partial charge is 0.387 e. The molecule has 3 atom stereocenters. The van der Waals surface area contributed by atoms with Crippen molar-refractivity contribution >= 4 is 11.8 Å². The summed E-state index contributed by atoms with van der Waals surface area (Å²) < 4.78 is 38.0. The third kappa shape index (κ3) is 4.37. The van der Waals surface area contributed by atoms with E-state index in [0.29, 0.717) is 16.9 Å². The van der Waals surface area contributed by atoms with Crippen LogP contribution in [0.1, 0.15) is 36.5 Å². The van der Waals surface area contributed by atoms with Crippen molar-refractivity contribution in [2.75, 3.05) is 12.8 Å². The molecular formula is C15H20F3NOS. The minimum absolute atomic E-state index is 0.281. The van der Waals surface area contributed by atoms with E-state index < -0.39 is 17.8 Å². The molecule has 0 radical (unpaired) electrons. The molecular weight excluding hydrogens is 299 g/mol. The van der Waals surface area contributed by atoms with Crippen LogP contribution in [0.2, 0.25) is 0 Å². The van der Waals surface area contributed by atoms with E-state index >= 15 is 0 Å². The first kappa shape index (κ1) is 16.6. The molecule has 6 heteroatoms. The van der Waals surface area contributed by atoms with Crippen molar-refractivity contribution in [2.24, 2.45) is 0 Å². The summed E-state index contributed by atoms with van der Waals surface area (Å²) in [5.74, 6) is 0. The third-order valence-corrected chi connectivity index (χ3v) is 5.10. The number of hydrogen-bond acceptors (Lipinski definition) is 3. The SMILES string of the molecule is CSC1CCCC1NCC(O)c1cccc(C(F)(F)F)c1. The Kier molecular flexibility index (Phi) is 5.57. The van der Waals surface area contributed by atoms with Crippen LogP contribution < -0.4 is 5.32 Å². The largest absolute Gasteiger partial charge is 0.416 e. The molecule has 0 saturated heterocycles. The normalized spacial score (nSPS) is 24.2. The average Bonchev–Trinajstić information content (AvgIpc) is 2.91. The Morgan fingerprint density at radius 1 is 1.38 bits per heavy atom. The molecule has 0 bridgehead atoms. The molecule has 1 aromatic rings. The molecule has 0 amide bonds. The topological polar surface area (TPSA) is 32.3 Å². The molecule has 118 valence electrons. The molecule has 1 aliphatic carbocycles. The van der Waals surface area contributed by atoms with E-state index in [4.69, 9.17) is 0 Å². The Labute approximate surface area is 127 Å². The Bertz CT molecular complexity index is 466. The Hall–Kier alpha value is -0.720. The number of aliphatic hydroxyl groups excluding tert-OH is 1. The highest BCUT2D eigenvalue weighted by atomic mass is 32.2. The molecule has 0 aromatic heterocycles. The van der Waals surface area contributed by atoms with Crippen LogP contribution in [0.3, 0.4) is 0 Å². The van der Waals surface area contributed by atoms with Crippen molar-refractivity contribution in [3.63, 3.8) is 0 Å². The summed E-state index contributed by atoms with van der Waals surface area (Å²) >= 11 is 1.80. The lowest BCUT2D eigenvalue weighted by Crippen LogP contribution is -2.36. The number of alkyl halides is 3. The van der Waals surface area contributed by atoms with Gasteiger partial charge in [-0.25, -0.2) is 0 Å². The van der Waals surface area contributed by atoms with E-state index in [1.54, 1.807) is 11.8 Å². The molecule has 0 heterocycles. The summed E-state index contributed by atoms with van der Waals surface area (Å²) in [6, 6.07) is 5.24. The number of nitrogens with one attached hydrogen (secondary N) is 1. The molecule has 1 saturated carbocycles. The fraction of sp³-hybridized carbons (Fsp3) is 0.600. The number of halogens is 3. The molecule has 1 aliphatic rings. The van der Waals surface area contributed by atoms with Crippen LogP contribution in [-0.4, -0.2) is 29.2 Å². The fourth-order valence-electron chi connectivity index (χ4n) is 2.74. The van der Waals surface area contributed by atoms with Gasteiger partial charge in [0.05, 0.1) is 11.7 Å². The van der Waals surface area contributed by atoms with Gasteiger partial charge in [0.2, 0.25) is 0 Å². The lowest BCUT2D eigenvalue weighted by molar-refractivity contribution is -0.137. The first-order chi connectivity index (χ1) is 9.91. The highest BCUT2D eigenvalue weighted by molar-refractivity contribution is 7.99. The standard InChI is InChI=1S/C15H20F3NOS/c1-21-14-7-3-6-12(14)19-9-13(20)10-4-2-5-11(8-10)15(16,17)18/h2,4-5,8,12-14,19-20H,3,6-7,9H2,1H3. The van der Waals surface area contributed by atoms with Crippen molar-refractivity contribution in [3.8, 4) is 0 Å². The second kappa shape index (κ2) is 7.03. The van der Waals surface area contributed by atoms with Crippen molar-refractivity contribution < 1.29 is 18.3 Å². The monoisotopic (exact) mass is 319 g/mol. The summed E-state index contributed by atoms with van der Waals surface area (Å²) in [7, 11) is 0. The summed E-state index contributed by atoms with van der Waals surface area (Å²) in [5, 5.41) is 13.9. The zero-order valence-electron chi connectivity index (χ0n) is 11.9. The number of benzene rings is 1. The van der Waals surface area contributed by atoms with Gasteiger partial charge in [-0.3, -0.25) is 0 Å². The van der Waals surface area contributed by atoms with Crippen LogP contribution in [0.4, 0.5) is 13.2 Å². The van der Waals surface area contributed by atoms with Gasteiger partial charge in [0, 0.05) is 17.8 Å². The van der Waals surface area contributed by atoms with Crippen molar-refractivity contribution in [1.82, 2.24) is 5.32 Å². The van der Waals surface area contributed by atoms with Crippen molar-refractivity contribution in [1.29, 1.82) is 0 Å². The third-order valence-electron chi connectivity index (χ3n) is 3.93. The zero-order chi connectivity index (χ0) is 15.5. The molecule has 3 unspecified atom stereocenters. The van der Waals surface area contributed by atoms with E-state index in [-0.39, 0.29) is 6.54 Å². The maximum absolute atomic E-state index is 12.7. The summed E-state index contributed by atoms with van der Waals surface area (Å²) in [4.78, 5) is 0. The molecule has 21 heavy (non-hydrogen) atoms. The van der Waals surface area contributed by atoms with Gasteiger partial charge in [-0.2, -0.15) is 24.9 Å². The minimum atomic E-state index is -4.38.